The maximum atomic E-state index is 13.3. The molecule has 3 heterocycles. The van der Waals surface area contributed by atoms with E-state index in [2.05, 4.69) is 15.0 Å². The third-order valence-electron chi connectivity index (χ3n) is 5.02. The standard InChI is InChI=1S/C22H17N3O5.2ClH.Fe.4H2O/c1-28-19-12-7-8-30-20(12)21(29-2)18(27)16(19)17(26)11-9-15(23-10-11)22-24-13-5-3-4-6-14(13)25-22;;;;;;;/h3-10,23,27H,1-2H3,(H,24,25);2*1H;;4*1H2/q;;;+3;;;;/p-2. The van der Waals surface area contributed by atoms with Crippen LogP contribution >= 0.6 is 0 Å². The van der Waals surface area contributed by atoms with E-state index in [-0.39, 0.29) is 86.6 Å². The zero-order chi connectivity index (χ0) is 20.8. The van der Waals surface area contributed by atoms with Gasteiger partial charge in [-0.1, -0.05) is 12.1 Å². The van der Waals surface area contributed by atoms with Crippen LogP contribution in [0.25, 0.3) is 33.5 Å². The average Bonchev–Trinajstić information content (AvgIpc) is 3.50. The Labute approximate surface area is 232 Å². The molecule has 5 aromatic rings. The van der Waals surface area contributed by atoms with E-state index >= 15 is 0 Å². The van der Waals surface area contributed by atoms with Crippen LogP contribution in [0.1, 0.15) is 15.9 Å². The molecular formula is C22H25Cl2FeN3O9+. The minimum absolute atomic E-state index is 0. The number of hydrogen-bond donors (Lipinski definition) is 3. The van der Waals surface area contributed by atoms with Crippen LogP contribution in [0.15, 0.2) is 53.3 Å². The fraction of sp³-hybridized carbons (Fsp3) is 0.0909. The van der Waals surface area contributed by atoms with Crippen LogP contribution in [0.5, 0.6) is 17.2 Å². The predicted molar refractivity (Wildman–Crippen MR) is 125 cm³/mol. The van der Waals surface area contributed by atoms with Crippen molar-refractivity contribution in [3.05, 3.63) is 60.0 Å². The van der Waals surface area contributed by atoms with Gasteiger partial charge >= 0.3 is 17.1 Å². The van der Waals surface area contributed by atoms with E-state index in [1.165, 1.54) is 20.5 Å². The molecule has 37 heavy (non-hydrogen) atoms. The van der Waals surface area contributed by atoms with Crippen molar-refractivity contribution in [3.63, 3.8) is 0 Å². The largest absolute Gasteiger partial charge is 3.00 e. The van der Waals surface area contributed by atoms with Crippen molar-refractivity contribution >= 4 is 27.8 Å². The number of phenolic OH excluding ortho intramolecular Hbond substituents is 1. The topological polar surface area (TPSA) is 239 Å². The molecule has 3 aromatic heterocycles. The summed E-state index contributed by atoms with van der Waals surface area (Å²) in [6.45, 7) is 0. The molecule has 0 aliphatic carbocycles. The van der Waals surface area contributed by atoms with Gasteiger partial charge in [-0.05, 0) is 24.3 Å². The van der Waals surface area contributed by atoms with Crippen LogP contribution in [-0.4, -0.2) is 62.0 Å². The Morgan fingerprint density at radius 2 is 1.65 bits per heavy atom. The van der Waals surface area contributed by atoms with E-state index in [4.69, 9.17) is 13.9 Å². The summed E-state index contributed by atoms with van der Waals surface area (Å²) in [6.07, 6.45) is 3.01. The summed E-state index contributed by atoms with van der Waals surface area (Å²) in [4.78, 5) is 24.1. The number of ether oxygens (including phenoxy) is 2. The van der Waals surface area contributed by atoms with Crippen molar-refractivity contribution in [2.24, 2.45) is 0 Å². The van der Waals surface area contributed by atoms with Crippen molar-refractivity contribution in [3.8, 4) is 28.8 Å². The van der Waals surface area contributed by atoms with E-state index in [0.29, 0.717) is 28.1 Å². The van der Waals surface area contributed by atoms with Gasteiger partial charge in [0.15, 0.2) is 17.2 Å². The fourth-order valence-electron chi connectivity index (χ4n) is 3.63. The fourth-order valence-corrected chi connectivity index (χ4v) is 3.63. The van der Waals surface area contributed by atoms with Crippen molar-refractivity contribution in [2.45, 2.75) is 0 Å². The number of nitrogens with zero attached hydrogens (tertiary/aromatic N) is 1. The quantitative estimate of drug-likeness (QED) is 0.131. The number of rotatable bonds is 5. The number of benzene rings is 2. The minimum Gasteiger partial charge on any atom is -1.00 e. The van der Waals surface area contributed by atoms with Crippen molar-refractivity contribution in [1.82, 2.24) is 15.0 Å². The summed E-state index contributed by atoms with van der Waals surface area (Å²) in [5.74, 6) is 0.132. The number of aromatic nitrogens is 3. The number of fused-ring (bicyclic) bond motifs is 2. The van der Waals surface area contributed by atoms with Crippen LogP contribution in [0.3, 0.4) is 0 Å². The van der Waals surface area contributed by atoms with E-state index < -0.39 is 5.78 Å². The maximum Gasteiger partial charge on any atom is 3.00 e. The first-order chi connectivity index (χ1) is 14.6. The molecule has 0 saturated heterocycles. The number of imidazole rings is 1. The second-order valence-corrected chi connectivity index (χ2v) is 6.69. The molecular weight excluding hydrogens is 577 g/mol. The van der Waals surface area contributed by atoms with Crippen LogP contribution in [0, 0.1) is 0 Å². The number of carbonyl (C=O) groups is 1. The number of nitrogens with one attached hydrogen (secondary N) is 2. The Hall–Kier alpha value is -3.26. The van der Waals surface area contributed by atoms with Crippen LogP contribution in [-0.2, 0) is 17.1 Å². The van der Waals surface area contributed by atoms with Crippen LogP contribution in [0.4, 0.5) is 0 Å². The SMILES string of the molecule is COc1c(C(=O)c2c[nH]c(-c3nc4ccccc4[nH]3)c2)c(O)c(OC)c2occc12.O.O.O.O.[Cl-].[Cl-].[Fe+3]. The minimum atomic E-state index is -0.427. The van der Waals surface area contributed by atoms with Gasteiger partial charge in [0.05, 0.1) is 42.6 Å². The number of furan rings is 1. The summed E-state index contributed by atoms with van der Waals surface area (Å²) in [7, 11) is 2.83. The first kappa shape index (κ1) is 38.3. The van der Waals surface area contributed by atoms with Gasteiger partial charge < -0.3 is 75.7 Å². The second kappa shape index (κ2) is 15.1. The van der Waals surface area contributed by atoms with Gasteiger partial charge in [0.1, 0.15) is 11.3 Å². The first-order valence-corrected chi connectivity index (χ1v) is 9.14. The normalized spacial score (nSPS) is 9.14. The molecule has 0 amide bonds. The van der Waals surface area contributed by atoms with Gasteiger partial charge in [0, 0.05) is 11.8 Å². The molecule has 15 heteroatoms. The number of methoxy groups -OCH3 is 2. The smallest absolute Gasteiger partial charge is 1.00 e. The molecule has 0 fully saturated rings. The third-order valence-corrected chi connectivity index (χ3v) is 5.02. The Morgan fingerprint density at radius 1 is 1.00 bits per heavy atom. The summed E-state index contributed by atoms with van der Waals surface area (Å²) >= 11 is 0. The molecule has 0 atom stereocenters. The molecule has 0 unspecified atom stereocenters. The molecule has 0 bridgehead atoms. The summed E-state index contributed by atoms with van der Waals surface area (Å²) in [6, 6.07) is 11.0. The first-order valence-electron chi connectivity index (χ1n) is 9.14. The monoisotopic (exact) mass is 601 g/mol. The van der Waals surface area contributed by atoms with Crippen molar-refractivity contribution < 1.29 is 87.6 Å². The van der Waals surface area contributed by atoms with Gasteiger partial charge in [0.25, 0.3) is 0 Å². The molecule has 0 saturated carbocycles. The van der Waals surface area contributed by atoms with Gasteiger partial charge in [-0.2, -0.15) is 0 Å². The van der Waals surface area contributed by atoms with E-state index in [9.17, 15) is 9.90 Å². The van der Waals surface area contributed by atoms with E-state index in [0.717, 1.165) is 11.0 Å². The number of aromatic amines is 2. The van der Waals surface area contributed by atoms with Crippen LogP contribution in [0.2, 0.25) is 0 Å². The van der Waals surface area contributed by atoms with Crippen molar-refractivity contribution in [1.29, 1.82) is 0 Å². The molecule has 12 nitrogen and oxygen atoms in total. The second-order valence-electron chi connectivity index (χ2n) is 6.69. The Morgan fingerprint density at radius 3 is 2.27 bits per heavy atom. The van der Waals surface area contributed by atoms with Gasteiger partial charge in [-0.3, -0.25) is 4.79 Å². The van der Waals surface area contributed by atoms with Crippen molar-refractivity contribution in [2.75, 3.05) is 14.2 Å². The molecule has 5 rings (SSSR count). The Balaban J connectivity index is -0.00000165. The van der Waals surface area contributed by atoms with Gasteiger partial charge in [-0.25, -0.2) is 4.98 Å². The number of halogens is 2. The van der Waals surface area contributed by atoms with Gasteiger partial charge in [0.2, 0.25) is 11.5 Å². The number of carbonyl (C=O) groups excluding carboxylic acids is 1. The number of para-hydroxylation sites is 2. The molecule has 203 valence electrons. The van der Waals surface area contributed by atoms with E-state index in [1.807, 2.05) is 24.3 Å². The zero-order valence-corrected chi connectivity index (χ0v) is 21.9. The molecule has 2 aromatic carbocycles. The molecule has 0 spiro atoms. The van der Waals surface area contributed by atoms with Crippen LogP contribution < -0.4 is 34.3 Å². The third kappa shape index (κ3) is 6.18. The average molecular weight is 602 g/mol. The zero-order valence-electron chi connectivity index (χ0n) is 19.3. The molecule has 0 aliphatic heterocycles. The predicted octanol–water partition coefficient (Wildman–Crippen LogP) is -5.04. The number of ketones is 1. The van der Waals surface area contributed by atoms with E-state index in [1.54, 1.807) is 18.3 Å². The maximum absolute atomic E-state index is 13.3. The summed E-state index contributed by atoms with van der Waals surface area (Å²) in [5, 5.41) is 11.3. The van der Waals surface area contributed by atoms with Gasteiger partial charge in [-0.15, -0.1) is 0 Å². The summed E-state index contributed by atoms with van der Waals surface area (Å²) < 4.78 is 16.1. The number of hydrogen-bond acceptors (Lipinski definition) is 6. The summed E-state index contributed by atoms with van der Waals surface area (Å²) in [5.41, 5.74) is 3.00. The molecule has 1 radical (unpaired) electrons. The molecule has 11 N–H and O–H groups in total. The Bertz CT molecular complexity index is 1400. The number of aromatic hydroxyl groups is 1. The number of phenols is 1. The Kier molecular flexibility index (Phi) is 15.6. The number of H-pyrrole nitrogens is 2. The molecule has 0 aliphatic rings.